The molecule has 2 rings (SSSR count). The summed E-state index contributed by atoms with van der Waals surface area (Å²) in [5, 5.41) is 0. The maximum absolute atomic E-state index is 11.9. The number of rotatable bonds is 4. The minimum Gasteiger partial charge on any atom is -0.307 e. The fraction of sp³-hybridized carbons (Fsp3) is 0.133. The molecule has 0 saturated heterocycles. The van der Waals surface area contributed by atoms with E-state index in [2.05, 4.69) is 4.72 Å². The lowest BCUT2D eigenvalue weighted by Crippen LogP contribution is -2.07. The molecule has 0 spiro atoms. The van der Waals surface area contributed by atoms with E-state index >= 15 is 0 Å². The van der Waals surface area contributed by atoms with Gasteiger partial charge in [0.05, 0.1) is 5.75 Å². The monoisotopic (exact) mass is 275 g/mol. The molecule has 0 amide bonds. The Labute approximate surface area is 116 Å². The molecule has 1 unspecified atom stereocenters. The molecule has 19 heavy (non-hydrogen) atoms. The quantitative estimate of drug-likeness (QED) is 0.932. The Morgan fingerprint density at radius 3 is 2.21 bits per heavy atom. The van der Waals surface area contributed by atoms with Crippen LogP contribution in [0.15, 0.2) is 54.6 Å². The first kappa shape index (κ1) is 15.1. The Morgan fingerprint density at radius 2 is 1.58 bits per heavy atom. The molecule has 0 aromatic heterocycles. The number of hydrogen-bond acceptors (Lipinski definition) is 2. The van der Waals surface area contributed by atoms with Gasteiger partial charge in [-0.3, -0.25) is 0 Å². The van der Waals surface area contributed by atoms with Crippen LogP contribution in [0.5, 0.6) is 0 Å². The molecule has 2 aromatic rings. The molecule has 0 heterocycles. The normalized spacial score (nSPS) is 11.0. The third-order valence-corrected chi connectivity index (χ3v) is 3.55. The van der Waals surface area contributed by atoms with Crippen LogP contribution in [0.25, 0.3) is 0 Å². The van der Waals surface area contributed by atoms with Gasteiger partial charge >= 0.3 is 0 Å². The first-order chi connectivity index (χ1) is 9.25. The van der Waals surface area contributed by atoms with Gasteiger partial charge in [-0.25, -0.2) is 4.21 Å². The smallest absolute Gasteiger partial charge is 0.121 e. The molecule has 0 saturated carbocycles. The second-order valence-electron chi connectivity index (χ2n) is 3.89. The molecule has 0 aliphatic rings. The van der Waals surface area contributed by atoms with Crippen LogP contribution in [-0.2, 0) is 21.5 Å². The van der Waals surface area contributed by atoms with Crippen LogP contribution in [0.4, 0.5) is 5.69 Å². The molecule has 100 valence electrons. The summed E-state index contributed by atoms with van der Waals surface area (Å²) in [6, 6.07) is 17.7. The second kappa shape index (κ2) is 8.21. The first-order valence-electron chi connectivity index (χ1n) is 5.79. The minimum atomic E-state index is -1.08. The standard InChI is InChI=1S/C14H15NOS.CH2O/c1-12-7-5-6-10-14(12)15-17(16)11-13-8-3-2-4-9-13;1-2/h2-10,15H,11H2,1H3;1H2. The van der Waals surface area contributed by atoms with Crippen molar-refractivity contribution in [1.29, 1.82) is 0 Å². The van der Waals surface area contributed by atoms with Gasteiger partial charge in [0.15, 0.2) is 0 Å². The molecule has 0 aliphatic carbocycles. The number of carbonyl (C=O) groups excluding carboxylic acids is 1. The van der Waals surface area contributed by atoms with Gasteiger partial charge in [0.25, 0.3) is 0 Å². The van der Waals surface area contributed by atoms with Gasteiger partial charge in [-0.05, 0) is 24.1 Å². The summed E-state index contributed by atoms with van der Waals surface area (Å²) in [6.07, 6.45) is 0. The fourth-order valence-electron chi connectivity index (χ4n) is 1.57. The van der Waals surface area contributed by atoms with Crippen molar-refractivity contribution in [3.63, 3.8) is 0 Å². The average molecular weight is 275 g/mol. The minimum absolute atomic E-state index is 0.523. The molecule has 0 fully saturated rings. The van der Waals surface area contributed by atoms with E-state index in [1.54, 1.807) is 0 Å². The number of para-hydroxylation sites is 1. The molecule has 0 aliphatic heterocycles. The van der Waals surface area contributed by atoms with Crippen LogP contribution in [0.3, 0.4) is 0 Å². The summed E-state index contributed by atoms with van der Waals surface area (Å²) in [7, 11) is -1.08. The number of aryl methyl sites for hydroxylation is 1. The van der Waals surface area contributed by atoms with E-state index in [-0.39, 0.29) is 0 Å². The summed E-state index contributed by atoms with van der Waals surface area (Å²) >= 11 is 0. The maximum atomic E-state index is 11.9. The predicted molar refractivity (Wildman–Crippen MR) is 80.2 cm³/mol. The Morgan fingerprint density at radius 1 is 1.00 bits per heavy atom. The number of nitrogens with one attached hydrogen (secondary N) is 1. The van der Waals surface area contributed by atoms with E-state index in [1.165, 1.54) is 0 Å². The number of hydrogen-bond donors (Lipinski definition) is 1. The third-order valence-electron chi connectivity index (χ3n) is 2.51. The summed E-state index contributed by atoms with van der Waals surface area (Å²) in [5.41, 5.74) is 3.11. The summed E-state index contributed by atoms with van der Waals surface area (Å²) in [6.45, 7) is 4.00. The van der Waals surface area contributed by atoms with Crippen LogP contribution in [0, 0.1) is 6.92 Å². The zero-order valence-corrected chi connectivity index (χ0v) is 11.7. The summed E-state index contributed by atoms with van der Waals surface area (Å²) in [5.74, 6) is 0.523. The van der Waals surface area contributed by atoms with Crippen molar-refractivity contribution in [3.8, 4) is 0 Å². The predicted octanol–water partition coefficient (Wildman–Crippen LogP) is 3.09. The van der Waals surface area contributed by atoms with Gasteiger partial charge in [-0.15, -0.1) is 0 Å². The second-order valence-corrected chi connectivity index (χ2v) is 5.08. The van der Waals surface area contributed by atoms with Crippen LogP contribution in [-0.4, -0.2) is 11.0 Å². The van der Waals surface area contributed by atoms with Crippen molar-refractivity contribution >= 4 is 23.5 Å². The average Bonchev–Trinajstić information content (AvgIpc) is 2.45. The fourth-order valence-corrected chi connectivity index (χ4v) is 2.61. The molecule has 1 atom stereocenters. The van der Waals surface area contributed by atoms with Crippen molar-refractivity contribution in [3.05, 3.63) is 65.7 Å². The maximum Gasteiger partial charge on any atom is 0.121 e. The van der Waals surface area contributed by atoms with Crippen LogP contribution < -0.4 is 4.72 Å². The van der Waals surface area contributed by atoms with Crippen molar-refractivity contribution in [1.82, 2.24) is 0 Å². The van der Waals surface area contributed by atoms with Gasteiger partial charge in [0.1, 0.15) is 17.8 Å². The van der Waals surface area contributed by atoms with Crippen LogP contribution in [0.2, 0.25) is 0 Å². The Hall–Kier alpha value is -1.94. The number of anilines is 1. The van der Waals surface area contributed by atoms with Crippen LogP contribution >= 0.6 is 0 Å². The van der Waals surface area contributed by atoms with E-state index in [1.807, 2.05) is 68.3 Å². The highest BCUT2D eigenvalue weighted by molar-refractivity contribution is 7.85. The van der Waals surface area contributed by atoms with Crippen molar-refractivity contribution < 1.29 is 9.00 Å². The van der Waals surface area contributed by atoms with Crippen molar-refractivity contribution in [2.45, 2.75) is 12.7 Å². The topological polar surface area (TPSA) is 46.2 Å². The van der Waals surface area contributed by atoms with Crippen molar-refractivity contribution in [2.75, 3.05) is 4.72 Å². The summed E-state index contributed by atoms with van der Waals surface area (Å²) in [4.78, 5) is 8.00. The molecular formula is C15H17NO2S. The highest BCUT2D eigenvalue weighted by Crippen LogP contribution is 2.15. The van der Waals surface area contributed by atoms with Gasteiger partial charge in [0, 0.05) is 5.69 Å². The first-order valence-corrected chi connectivity index (χ1v) is 7.11. The number of benzene rings is 2. The van der Waals surface area contributed by atoms with Crippen molar-refractivity contribution in [2.24, 2.45) is 0 Å². The molecule has 0 radical (unpaired) electrons. The lowest BCUT2D eigenvalue weighted by molar-refractivity contribution is -0.0979. The number of carbonyl (C=O) groups is 1. The molecule has 4 heteroatoms. The van der Waals surface area contributed by atoms with Gasteiger partial charge in [-0.2, -0.15) is 0 Å². The largest absolute Gasteiger partial charge is 0.307 e. The van der Waals surface area contributed by atoms with E-state index < -0.39 is 11.0 Å². The van der Waals surface area contributed by atoms with E-state index in [0.717, 1.165) is 16.8 Å². The molecular weight excluding hydrogens is 258 g/mol. The lowest BCUT2D eigenvalue weighted by Gasteiger charge is -2.08. The molecule has 0 bridgehead atoms. The zero-order chi connectivity index (χ0) is 14.1. The Kier molecular flexibility index (Phi) is 6.53. The van der Waals surface area contributed by atoms with E-state index in [0.29, 0.717) is 5.75 Å². The molecule has 3 nitrogen and oxygen atoms in total. The summed E-state index contributed by atoms with van der Waals surface area (Å²) < 4.78 is 15.0. The van der Waals surface area contributed by atoms with Gasteiger partial charge in [-0.1, -0.05) is 48.5 Å². The SMILES string of the molecule is C=O.Cc1ccccc1NS(=O)Cc1ccccc1. The van der Waals surface area contributed by atoms with Gasteiger partial charge in [0.2, 0.25) is 0 Å². The highest BCUT2D eigenvalue weighted by Gasteiger charge is 2.03. The Balaban J connectivity index is 0.000000861. The Bertz CT molecular complexity index is 529. The molecule has 2 aromatic carbocycles. The zero-order valence-electron chi connectivity index (χ0n) is 10.8. The third kappa shape index (κ3) is 5.06. The highest BCUT2D eigenvalue weighted by atomic mass is 32.2. The van der Waals surface area contributed by atoms with Gasteiger partial charge < -0.3 is 9.52 Å². The lowest BCUT2D eigenvalue weighted by atomic mass is 10.2. The van der Waals surface area contributed by atoms with E-state index in [4.69, 9.17) is 4.79 Å². The molecule has 1 N–H and O–H groups in total. The van der Waals surface area contributed by atoms with E-state index in [9.17, 15) is 4.21 Å². The van der Waals surface area contributed by atoms with Crippen LogP contribution in [0.1, 0.15) is 11.1 Å².